The Bertz CT molecular complexity index is 775. The Morgan fingerprint density at radius 2 is 1.68 bits per heavy atom. The van der Waals surface area contributed by atoms with E-state index in [2.05, 4.69) is 69.2 Å². The first-order valence-corrected chi connectivity index (χ1v) is 8.72. The van der Waals surface area contributed by atoms with Crippen molar-refractivity contribution in [3.8, 4) is 11.1 Å². The molecular formula is C18H15BrN2S. The second-order valence-electron chi connectivity index (χ2n) is 4.77. The maximum absolute atomic E-state index is 4.51. The molecule has 0 amide bonds. The van der Waals surface area contributed by atoms with Crippen LogP contribution in [-0.2, 0) is 6.42 Å². The van der Waals surface area contributed by atoms with Crippen LogP contribution in [0.25, 0.3) is 11.1 Å². The Kier molecular flexibility index (Phi) is 4.90. The highest BCUT2D eigenvalue weighted by molar-refractivity contribution is 9.10. The van der Waals surface area contributed by atoms with Crippen molar-refractivity contribution in [1.29, 1.82) is 0 Å². The first-order valence-electron chi connectivity index (χ1n) is 7.11. The molecule has 0 radical (unpaired) electrons. The van der Waals surface area contributed by atoms with Crippen molar-refractivity contribution in [1.82, 2.24) is 9.97 Å². The zero-order chi connectivity index (χ0) is 15.4. The quantitative estimate of drug-likeness (QED) is 0.557. The van der Waals surface area contributed by atoms with Gasteiger partial charge in [-0.15, -0.1) is 0 Å². The molecule has 0 bridgehead atoms. The molecule has 3 aromatic rings. The molecule has 22 heavy (non-hydrogen) atoms. The van der Waals surface area contributed by atoms with Crippen LogP contribution in [0.3, 0.4) is 0 Å². The van der Waals surface area contributed by atoms with Crippen molar-refractivity contribution in [2.75, 3.05) is 0 Å². The predicted octanol–water partition coefficient (Wildman–Crippen LogP) is 5.62. The fourth-order valence-corrected chi connectivity index (χ4v) is 3.87. The molecular weight excluding hydrogens is 356 g/mol. The second-order valence-corrected chi connectivity index (χ2v) is 6.58. The molecule has 110 valence electrons. The Labute approximate surface area is 143 Å². The third-order valence-corrected chi connectivity index (χ3v) is 5.00. The van der Waals surface area contributed by atoms with Gasteiger partial charge in [-0.05, 0) is 45.6 Å². The van der Waals surface area contributed by atoms with Crippen molar-refractivity contribution in [3.63, 3.8) is 0 Å². The summed E-state index contributed by atoms with van der Waals surface area (Å²) in [5.41, 5.74) is 3.55. The highest BCUT2D eigenvalue weighted by Crippen LogP contribution is 2.39. The van der Waals surface area contributed by atoms with Crippen molar-refractivity contribution < 1.29 is 0 Å². The SMILES string of the molecule is CCc1ccccc1-c1c(Br)ncnc1Sc1ccccc1. The maximum Gasteiger partial charge on any atom is 0.118 e. The number of benzene rings is 2. The summed E-state index contributed by atoms with van der Waals surface area (Å²) < 4.78 is 0.835. The van der Waals surface area contributed by atoms with Crippen LogP contribution in [0.1, 0.15) is 12.5 Å². The Hall–Kier alpha value is -1.65. The largest absolute Gasteiger partial charge is 0.229 e. The van der Waals surface area contributed by atoms with E-state index in [-0.39, 0.29) is 0 Å². The minimum Gasteiger partial charge on any atom is -0.229 e. The smallest absolute Gasteiger partial charge is 0.118 e. The van der Waals surface area contributed by atoms with Crippen LogP contribution < -0.4 is 0 Å². The zero-order valence-electron chi connectivity index (χ0n) is 12.2. The third-order valence-electron chi connectivity index (χ3n) is 3.39. The maximum atomic E-state index is 4.51. The Balaban J connectivity index is 2.11. The van der Waals surface area contributed by atoms with Crippen molar-refractivity contribution in [2.45, 2.75) is 23.3 Å². The Morgan fingerprint density at radius 3 is 2.45 bits per heavy atom. The minimum atomic E-state index is 0.835. The molecule has 0 aliphatic rings. The van der Waals surface area contributed by atoms with Gasteiger partial charge in [0.1, 0.15) is 16.0 Å². The van der Waals surface area contributed by atoms with Crippen molar-refractivity contribution in [2.24, 2.45) is 0 Å². The average Bonchev–Trinajstić information content (AvgIpc) is 2.56. The summed E-state index contributed by atoms with van der Waals surface area (Å²) >= 11 is 5.26. The fraction of sp³-hybridized carbons (Fsp3) is 0.111. The van der Waals surface area contributed by atoms with E-state index in [1.165, 1.54) is 16.0 Å². The van der Waals surface area contributed by atoms with Crippen LogP contribution in [0.5, 0.6) is 0 Å². The highest BCUT2D eigenvalue weighted by Gasteiger charge is 2.15. The number of hydrogen-bond acceptors (Lipinski definition) is 3. The zero-order valence-corrected chi connectivity index (χ0v) is 14.6. The van der Waals surface area contributed by atoms with Gasteiger partial charge >= 0.3 is 0 Å². The molecule has 3 rings (SSSR count). The minimum absolute atomic E-state index is 0.835. The molecule has 0 atom stereocenters. The van der Waals surface area contributed by atoms with E-state index in [1.54, 1.807) is 18.1 Å². The molecule has 0 N–H and O–H groups in total. The van der Waals surface area contributed by atoms with Crippen LogP contribution in [0.2, 0.25) is 0 Å². The summed E-state index contributed by atoms with van der Waals surface area (Å²) in [6.07, 6.45) is 2.58. The molecule has 0 saturated carbocycles. The molecule has 0 saturated heterocycles. The highest BCUT2D eigenvalue weighted by atomic mass is 79.9. The fourth-order valence-electron chi connectivity index (χ4n) is 2.33. The van der Waals surface area contributed by atoms with E-state index < -0.39 is 0 Å². The number of aryl methyl sites for hydroxylation is 1. The van der Waals surface area contributed by atoms with E-state index in [4.69, 9.17) is 0 Å². The lowest BCUT2D eigenvalue weighted by atomic mass is 10.0. The number of aromatic nitrogens is 2. The van der Waals surface area contributed by atoms with Crippen LogP contribution in [-0.4, -0.2) is 9.97 Å². The lowest BCUT2D eigenvalue weighted by Gasteiger charge is -2.13. The number of rotatable bonds is 4. The molecule has 4 heteroatoms. The molecule has 0 aliphatic carbocycles. The summed E-state index contributed by atoms with van der Waals surface area (Å²) in [6, 6.07) is 18.7. The van der Waals surface area contributed by atoms with E-state index in [1.807, 2.05) is 18.2 Å². The Morgan fingerprint density at radius 1 is 0.955 bits per heavy atom. The molecule has 1 aromatic heterocycles. The van der Waals surface area contributed by atoms with Crippen molar-refractivity contribution in [3.05, 3.63) is 71.1 Å². The number of hydrogen-bond donors (Lipinski definition) is 0. The molecule has 0 aliphatic heterocycles. The molecule has 2 nitrogen and oxygen atoms in total. The second kappa shape index (κ2) is 7.07. The molecule has 1 heterocycles. The van der Waals surface area contributed by atoms with Gasteiger partial charge < -0.3 is 0 Å². The van der Waals surface area contributed by atoms with Crippen LogP contribution >= 0.6 is 27.7 Å². The van der Waals surface area contributed by atoms with E-state index in [0.717, 1.165) is 21.6 Å². The summed E-state index contributed by atoms with van der Waals surface area (Å²) in [6.45, 7) is 2.17. The van der Waals surface area contributed by atoms with Gasteiger partial charge in [0.25, 0.3) is 0 Å². The summed E-state index contributed by atoms with van der Waals surface area (Å²) in [5, 5.41) is 0.967. The molecule has 0 fully saturated rings. The lowest BCUT2D eigenvalue weighted by molar-refractivity contribution is 1.03. The molecule has 2 aromatic carbocycles. The lowest BCUT2D eigenvalue weighted by Crippen LogP contribution is -1.95. The molecule has 0 spiro atoms. The average molecular weight is 371 g/mol. The normalized spacial score (nSPS) is 10.6. The standard InChI is InChI=1S/C18H15BrN2S/c1-2-13-8-6-7-11-15(13)16-17(19)20-12-21-18(16)22-14-9-4-3-5-10-14/h3-12H,2H2,1H3. The van der Waals surface area contributed by atoms with Crippen molar-refractivity contribution >= 4 is 27.7 Å². The third kappa shape index (κ3) is 3.23. The first kappa shape index (κ1) is 15.3. The number of halogens is 1. The van der Waals surface area contributed by atoms with Gasteiger partial charge in [0, 0.05) is 10.5 Å². The van der Waals surface area contributed by atoms with Gasteiger partial charge in [0.2, 0.25) is 0 Å². The molecule has 0 unspecified atom stereocenters. The van der Waals surface area contributed by atoms with Gasteiger partial charge in [-0.25, -0.2) is 9.97 Å². The number of nitrogens with zero attached hydrogens (tertiary/aromatic N) is 2. The summed E-state index contributed by atoms with van der Waals surface area (Å²) in [7, 11) is 0. The van der Waals surface area contributed by atoms with Crippen LogP contribution in [0.15, 0.2) is 75.4 Å². The van der Waals surface area contributed by atoms with Gasteiger partial charge in [0.15, 0.2) is 0 Å². The summed E-state index contributed by atoms with van der Waals surface area (Å²) in [5.74, 6) is 0. The predicted molar refractivity (Wildman–Crippen MR) is 95.1 cm³/mol. The van der Waals surface area contributed by atoms with Gasteiger partial charge in [-0.1, -0.05) is 61.2 Å². The monoisotopic (exact) mass is 370 g/mol. The van der Waals surface area contributed by atoms with E-state index >= 15 is 0 Å². The topological polar surface area (TPSA) is 25.8 Å². The first-order chi connectivity index (χ1) is 10.8. The van der Waals surface area contributed by atoms with Gasteiger partial charge in [-0.2, -0.15) is 0 Å². The van der Waals surface area contributed by atoms with Gasteiger partial charge in [-0.3, -0.25) is 0 Å². The van der Waals surface area contributed by atoms with Gasteiger partial charge in [0.05, 0.1) is 0 Å². The van der Waals surface area contributed by atoms with E-state index in [9.17, 15) is 0 Å². The van der Waals surface area contributed by atoms with E-state index in [0.29, 0.717) is 0 Å². The summed E-state index contributed by atoms with van der Waals surface area (Å²) in [4.78, 5) is 10.0. The van der Waals surface area contributed by atoms with Crippen LogP contribution in [0.4, 0.5) is 0 Å². The van der Waals surface area contributed by atoms with Crippen LogP contribution in [0, 0.1) is 0 Å².